The van der Waals surface area contributed by atoms with E-state index < -0.39 is 0 Å². The van der Waals surface area contributed by atoms with Gasteiger partial charge in [0.15, 0.2) is 0 Å². The zero-order valence-electron chi connectivity index (χ0n) is 8.76. The van der Waals surface area contributed by atoms with Crippen molar-refractivity contribution in [1.82, 2.24) is 9.97 Å². The van der Waals surface area contributed by atoms with Crippen molar-refractivity contribution >= 4 is 17.3 Å². The quantitative estimate of drug-likeness (QED) is 0.386. The Morgan fingerprint density at radius 2 is 1.81 bits per heavy atom. The van der Waals surface area contributed by atoms with Crippen molar-refractivity contribution < 1.29 is 39.0 Å². The van der Waals surface area contributed by atoms with E-state index in [4.69, 9.17) is 5.73 Å². The number of fused-ring (bicyclic) bond motifs is 1. The Labute approximate surface area is 103 Å². The van der Waals surface area contributed by atoms with Crippen LogP contribution in [0.25, 0.3) is 5.32 Å². The first-order chi connectivity index (χ1) is 5.29. The molecule has 0 saturated heterocycles. The van der Waals surface area contributed by atoms with Crippen molar-refractivity contribution in [3.8, 4) is 0 Å². The number of aromatic nitrogens is 2. The number of nitrogens with zero attached hydrogens (tertiary/aromatic N) is 4. The molecule has 9 nitrogen and oxygen atoms in total. The maximum Gasteiger partial charge on any atom is 2.00 e. The fourth-order valence-electron chi connectivity index (χ4n) is 1.06. The molecule has 0 atom stereocenters. The zero-order valence-corrected chi connectivity index (χ0v) is 9.70. The van der Waals surface area contributed by atoms with Crippen LogP contribution in [0.1, 0.15) is 0 Å². The second kappa shape index (κ2) is 9.09. The molecular formula is C6H20CuN5O4+5. The van der Waals surface area contributed by atoms with E-state index in [1.807, 2.05) is 11.9 Å². The van der Waals surface area contributed by atoms with Gasteiger partial charge < -0.3 is 37.9 Å². The third-order valence-electron chi connectivity index (χ3n) is 1.63. The van der Waals surface area contributed by atoms with E-state index in [-0.39, 0.29) is 39.0 Å². The molecule has 0 aromatic carbocycles. The van der Waals surface area contributed by atoms with Gasteiger partial charge in [-0.3, -0.25) is 0 Å². The van der Waals surface area contributed by atoms with Crippen LogP contribution in [0.4, 0.5) is 17.3 Å². The number of hydrogen-bond donors (Lipinski definition) is 1. The van der Waals surface area contributed by atoms with Gasteiger partial charge in [-0.25, -0.2) is 9.97 Å². The maximum absolute atomic E-state index is 5.56. The van der Waals surface area contributed by atoms with Crippen molar-refractivity contribution in [3.05, 3.63) is 11.6 Å². The van der Waals surface area contributed by atoms with Gasteiger partial charge in [0.2, 0.25) is 0 Å². The molecular weight excluding hydrogens is 270 g/mol. The monoisotopic (exact) mass is 289 g/mol. The molecule has 1 radical (unpaired) electrons. The molecule has 1 aromatic rings. The molecule has 10 heteroatoms. The standard InChI is InChI=1S/C6H8N5.Cu.4H2O/c1-11-3-10-4-5(7)8-2-9-6(4)11;;;;;/h2H,3H2,1H3,(H2,7,8,9);;4*1H2/q-1;+2;;;;/p+4. The van der Waals surface area contributed by atoms with Crippen LogP contribution in [0.5, 0.6) is 0 Å². The molecule has 1 aliphatic heterocycles. The van der Waals surface area contributed by atoms with Crippen LogP contribution in [-0.4, -0.2) is 23.7 Å². The zero-order chi connectivity index (χ0) is 7.84. The van der Waals surface area contributed by atoms with Crippen LogP contribution in [0.3, 0.4) is 0 Å². The summed E-state index contributed by atoms with van der Waals surface area (Å²) in [5.41, 5.74) is 6.28. The summed E-state index contributed by atoms with van der Waals surface area (Å²) in [6.45, 7) is 0.623. The predicted octanol–water partition coefficient (Wildman–Crippen LogP) is -3.22. The average Bonchev–Trinajstić information content (AvgIpc) is 2.35. The number of anilines is 2. The number of nitrogen functional groups attached to an aromatic ring is 1. The summed E-state index contributed by atoms with van der Waals surface area (Å²) in [6.07, 6.45) is 1.45. The second-order valence-corrected chi connectivity index (χ2v) is 2.43. The Bertz CT molecular complexity index is 302. The van der Waals surface area contributed by atoms with Crippen LogP contribution >= 0.6 is 0 Å². The Balaban J connectivity index is -0.000000144. The van der Waals surface area contributed by atoms with E-state index in [2.05, 4.69) is 15.3 Å². The summed E-state index contributed by atoms with van der Waals surface area (Å²) in [4.78, 5) is 9.80. The van der Waals surface area contributed by atoms with E-state index in [0.29, 0.717) is 12.5 Å². The predicted molar refractivity (Wildman–Crippen MR) is 62.2 cm³/mol. The van der Waals surface area contributed by atoms with Crippen molar-refractivity contribution in [2.45, 2.75) is 0 Å². The molecule has 0 saturated carbocycles. The first kappa shape index (κ1) is 24.2. The van der Waals surface area contributed by atoms with Gasteiger partial charge in [-0.05, 0) is 0 Å². The Morgan fingerprint density at radius 1 is 1.25 bits per heavy atom. The van der Waals surface area contributed by atoms with Crippen molar-refractivity contribution in [3.63, 3.8) is 0 Å². The molecule has 2 rings (SSSR count). The van der Waals surface area contributed by atoms with Gasteiger partial charge in [0, 0.05) is 7.05 Å². The third-order valence-corrected chi connectivity index (χ3v) is 1.63. The molecule has 99 valence electrons. The van der Waals surface area contributed by atoms with Gasteiger partial charge in [-0.2, -0.15) is 0 Å². The minimum absolute atomic E-state index is 0. The van der Waals surface area contributed by atoms with Gasteiger partial charge in [-0.1, -0.05) is 12.4 Å². The van der Waals surface area contributed by atoms with Gasteiger partial charge in [0.25, 0.3) is 0 Å². The van der Waals surface area contributed by atoms with Gasteiger partial charge in [-0.15, -0.1) is 0 Å². The molecule has 0 unspecified atom stereocenters. The molecule has 1 aliphatic rings. The maximum atomic E-state index is 5.56. The number of hydrogen-bond acceptors (Lipinski definition) is 4. The van der Waals surface area contributed by atoms with E-state index >= 15 is 0 Å². The fourth-order valence-corrected chi connectivity index (χ4v) is 1.06. The molecule has 0 fully saturated rings. The number of nitrogens with two attached hydrogens (primary N) is 1. The molecule has 0 amide bonds. The molecule has 1 aromatic heterocycles. The van der Waals surface area contributed by atoms with E-state index in [1.165, 1.54) is 6.33 Å². The molecule has 14 N–H and O–H groups in total. The van der Waals surface area contributed by atoms with Crippen molar-refractivity contribution in [1.29, 1.82) is 0 Å². The van der Waals surface area contributed by atoms with Gasteiger partial charge in [0.05, 0.1) is 0 Å². The SMILES string of the molecule is CN1C[N-]c2c(N)ncnc21.[Cu+2].[OH3+].[OH3+].[OH3+].[OH3+]. The van der Waals surface area contributed by atoms with Gasteiger partial charge in [0.1, 0.15) is 18.0 Å². The van der Waals surface area contributed by atoms with Crippen molar-refractivity contribution in [2.24, 2.45) is 0 Å². The Hall–Kier alpha value is -1.16. The molecule has 2 heterocycles. The molecule has 16 heavy (non-hydrogen) atoms. The normalized spacial score (nSPS) is 9.94. The largest absolute Gasteiger partial charge is 2.00 e. The smallest absolute Gasteiger partial charge is 0.662 e. The second-order valence-electron chi connectivity index (χ2n) is 2.43. The van der Waals surface area contributed by atoms with Crippen LogP contribution in [0.2, 0.25) is 0 Å². The molecule has 0 spiro atoms. The average molecular weight is 290 g/mol. The van der Waals surface area contributed by atoms with E-state index in [0.717, 1.165) is 11.5 Å². The molecule has 0 aliphatic carbocycles. The van der Waals surface area contributed by atoms with Crippen LogP contribution in [0.15, 0.2) is 6.33 Å². The first-order valence-corrected chi connectivity index (χ1v) is 3.28. The summed E-state index contributed by atoms with van der Waals surface area (Å²) in [5.74, 6) is 1.27. The van der Waals surface area contributed by atoms with Crippen molar-refractivity contribution in [2.75, 3.05) is 24.3 Å². The Morgan fingerprint density at radius 3 is 2.31 bits per heavy atom. The number of rotatable bonds is 0. The summed E-state index contributed by atoms with van der Waals surface area (Å²) >= 11 is 0. The Kier molecular flexibility index (Phi) is 13.7. The minimum Gasteiger partial charge on any atom is -0.662 e. The third kappa shape index (κ3) is 3.77. The van der Waals surface area contributed by atoms with Gasteiger partial charge >= 0.3 is 17.1 Å². The summed E-state index contributed by atoms with van der Waals surface area (Å²) in [6, 6.07) is 0. The fraction of sp³-hybridized carbons (Fsp3) is 0.333. The van der Waals surface area contributed by atoms with E-state index in [1.54, 1.807) is 0 Å². The summed E-state index contributed by atoms with van der Waals surface area (Å²) in [7, 11) is 1.92. The topological polar surface area (TPSA) is 201 Å². The van der Waals surface area contributed by atoms with E-state index in [9.17, 15) is 0 Å². The van der Waals surface area contributed by atoms with Crippen LogP contribution in [-0.2, 0) is 39.0 Å². The summed E-state index contributed by atoms with van der Waals surface area (Å²) in [5, 5.41) is 4.16. The first-order valence-electron chi connectivity index (χ1n) is 3.28. The summed E-state index contributed by atoms with van der Waals surface area (Å²) < 4.78 is 0. The van der Waals surface area contributed by atoms with Crippen LogP contribution in [0, 0.1) is 0 Å². The van der Waals surface area contributed by atoms with Crippen LogP contribution < -0.4 is 10.6 Å². The molecule has 0 bridgehead atoms. The minimum atomic E-state index is 0.